The van der Waals surface area contributed by atoms with E-state index in [0.717, 1.165) is 21.3 Å². The van der Waals surface area contributed by atoms with Crippen molar-refractivity contribution in [1.29, 1.82) is 0 Å². The number of halogens is 2. The lowest BCUT2D eigenvalue weighted by Gasteiger charge is -2.02. The summed E-state index contributed by atoms with van der Waals surface area (Å²) in [5.41, 5.74) is 2.63. The Morgan fingerprint density at radius 3 is 2.76 bits per heavy atom. The Balaban J connectivity index is 1.69. The summed E-state index contributed by atoms with van der Waals surface area (Å²) in [4.78, 5) is 12.0. The fourth-order valence-electron chi connectivity index (χ4n) is 2.25. The predicted octanol–water partition coefficient (Wildman–Crippen LogP) is 6.32. The number of benzene rings is 2. The van der Waals surface area contributed by atoms with Gasteiger partial charge in [-0.3, -0.25) is 4.79 Å². The van der Waals surface area contributed by atoms with Crippen LogP contribution in [-0.4, -0.2) is 5.91 Å². The first-order valence-corrected chi connectivity index (χ1v) is 8.79. The van der Waals surface area contributed by atoms with E-state index >= 15 is 0 Å². The molecule has 0 aliphatic heterocycles. The summed E-state index contributed by atoms with van der Waals surface area (Å²) < 4.78 is 6.66. The Morgan fingerprint density at radius 1 is 1.16 bits per heavy atom. The average Bonchev–Trinajstić information content (AvgIpc) is 3.04. The van der Waals surface area contributed by atoms with Crippen LogP contribution in [0.1, 0.15) is 11.3 Å². The maximum absolute atomic E-state index is 12.0. The highest BCUT2D eigenvalue weighted by Crippen LogP contribution is 2.27. The van der Waals surface area contributed by atoms with Crippen LogP contribution in [0.25, 0.3) is 17.4 Å². The Labute approximate surface area is 159 Å². The van der Waals surface area contributed by atoms with Crippen LogP contribution in [-0.2, 0) is 4.79 Å². The number of nitrogens with one attached hydrogen (secondary N) is 1. The van der Waals surface area contributed by atoms with Crippen LogP contribution in [0.2, 0.25) is 5.02 Å². The van der Waals surface area contributed by atoms with Crippen molar-refractivity contribution in [2.24, 2.45) is 0 Å². The van der Waals surface area contributed by atoms with Crippen molar-refractivity contribution in [3.8, 4) is 11.3 Å². The summed E-state index contributed by atoms with van der Waals surface area (Å²) in [6.45, 7) is 1.95. The van der Waals surface area contributed by atoms with Gasteiger partial charge in [-0.1, -0.05) is 45.7 Å². The number of carbonyl (C=O) groups is 1. The zero-order chi connectivity index (χ0) is 17.8. The van der Waals surface area contributed by atoms with Gasteiger partial charge in [0.2, 0.25) is 5.91 Å². The molecule has 0 bridgehead atoms. The highest BCUT2D eigenvalue weighted by atomic mass is 79.9. The molecule has 0 atom stereocenters. The molecule has 2 aromatic carbocycles. The number of rotatable bonds is 4. The molecular weight excluding hydrogens is 402 g/mol. The highest BCUT2D eigenvalue weighted by Gasteiger charge is 2.06. The minimum Gasteiger partial charge on any atom is -0.457 e. The monoisotopic (exact) mass is 415 g/mol. The maximum Gasteiger partial charge on any atom is 0.248 e. The molecule has 0 fully saturated rings. The van der Waals surface area contributed by atoms with Gasteiger partial charge in [0.1, 0.15) is 11.5 Å². The van der Waals surface area contributed by atoms with Crippen molar-refractivity contribution < 1.29 is 9.21 Å². The number of furan rings is 1. The Bertz CT molecular complexity index is 946. The molecule has 25 heavy (non-hydrogen) atoms. The van der Waals surface area contributed by atoms with Crippen LogP contribution in [0.4, 0.5) is 5.69 Å². The number of aryl methyl sites for hydroxylation is 1. The van der Waals surface area contributed by atoms with E-state index in [0.29, 0.717) is 16.5 Å². The number of hydrogen-bond donors (Lipinski definition) is 1. The van der Waals surface area contributed by atoms with Gasteiger partial charge < -0.3 is 9.73 Å². The molecule has 0 saturated heterocycles. The summed E-state index contributed by atoms with van der Waals surface area (Å²) in [6.07, 6.45) is 3.07. The molecule has 0 radical (unpaired) electrons. The van der Waals surface area contributed by atoms with Crippen molar-refractivity contribution in [1.82, 2.24) is 0 Å². The topological polar surface area (TPSA) is 42.2 Å². The van der Waals surface area contributed by atoms with Crippen molar-refractivity contribution in [2.75, 3.05) is 5.32 Å². The third-order valence-electron chi connectivity index (χ3n) is 3.57. The summed E-state index contributed by atoms with van der Waals surface area (Å²) in [5.74, 6) is 1.07. The van der Waals surface area contributed by atoms with Gasteiger partial charge >= 0.3 is 0 Å². The predicted molar refractivity (Wildman–Crippen MR) is 106 cm³/mol. The van der Waals surface area contributed by atoms with Gasteiger partial charge in [-0.2, -0.15) is 0 Å². The molecule has 0 aliphatic rings. The van der Waals surface area contributed by atoms with Crippen LogP contribution in [0.15, 0.2) is 69.6 Å². The van der Waals surface area contributed by atoms with Gasteiger partial charge in [0, 0.05) is 26.8 Å². The van der Waals surface area contributed by atoms with Gasteiger partial charge in [0.25, 0.3) is 0 Å². The van der Waals surface area contributed by atoms with E-state index in [1.165, 1.54) is 6.08 Å². The van der Waals surface area contributed by atoms with Gasteiger partial charge in [-0.25, -0.2) is 0 Å². The first-order chi connectivity index (χ1) is 12.0. The van der Waals surface area contributed by atoms with Gasteiger partial charge in [0.05, 0.1) is 0 Å². The molecule has 0 saturated carbocycles. The third kappa shape index (κ3) is 4.62. The fraction of sp³-hybridized carbons (Fsp3) is 0.0500. The second kappa shape index (κ2) is 7.72. The lowest BCUT2D eigenvalue weighted by molar-refractivity contribution is -0.111. The lowest BCUT2D eigenvalue weighted by Crippen LogP contribution is -2.07. The Morgan fingerprint density at radius 2 is 2.00 bits per heavy atom. The van der Waals surface area contributed by atoms with E-state index in [4.69, 9.17) is 16.0 Å². The van der Waals surface area contributed by atoms with Crippen molar-refractivity contribution in [3.63, 3.8) is 0 Å². The van der Waals surface area contributed by atoms with Crippen molar-refractivity contribution >= 4 is 45.2 Å². The minimum absolute atomic E-state index is 0.227. The van der Waals surface area contributed by atoms with Gasteiger partial charge in [0.15, 0.2) is 0 Å². The summed E-state index contributed by atoms with van der Waals surface area (Å²) in [7, 11) is 0. The lowest BCUT2D eigenvalue weighted by atomic mass is 10.1. The van der Waals surface area contributed by atoms with E-state index in [-0.39, 0.29) is 5.91 Å². The zero-order valence-electron chi connectivity index (χ0n) is 13.4. The molecular formula is C20H15BrClNO2. The van der Waals surface area contributed by atoms with Crippen LogP contribution in [0.5, 0.6) is 0 Å². The van der Waals surface area contributed by atoms with Crippen LogP contribution in [0.3, 0.4) is 0 Å². The van der Waals surface area contributed by atoms with Crippen molar-refractivity contribution in [2.45, 2.75) is 6.92 Å². The van der Waals surface area contributed by atoms with Crippen LogP contribution >= 0.6 is 27.5 Å². The normalized spacial score (nSPS) is 11.0. The molecule has 126 valence electrons. The quantitative estimate of drug-likeness (QED) is 0.505. The summed E-state index contributed by atoms with van der Waals surface area (Å²) >= 11 is 9.52. The molecule has 5 heteroatoms. The molecule has 1 aromatic heterocycles. The molecule has 1 N–H and O–H groups in total. The van der Waals surface area contributed by atoms with Crippen LogP contribution < -0.4 is 5.32 Å². The van der Waals surface area contributed by atoms with E-state index in [1.807, 2.05) is 61.5 Å². The number of carbonyl (C=O) groups excluding carboxylic acids is 1. The third-order valence-corrected chi connectivity index (χ3v) is 4.47. The van der Waals surface area contributed by atoms with E-state index < -0.39 is 0 Å². The minimum atomic E-state index is -0.227. The number of amides is 1. The number of hydrogen-bond acceptors (Lipinski definition) is 2. The smallest absolute Gasteiger partial charge is 0.248 e. The molecule has 1 heterocycles. The Hall–Kier alpha value is -2.30. The van der Waals surface area contributed by atoms with Gasteiger partial charge in [-0.05, 0) is 55.0 Å². The molecule has 0 aliphatic carbocycles. The maximum atomic E-state index is 12.0. The SMILES string of the molecule is Cc1ccc(-c2ccc(C=CC(=O)Nc3cccc(Br)c3)o2)cc1Cl. The first-order valence-electron chi connectivity index (χ1n) is 7.62. The average molecular weight is 417 g/mol. The fourth-order valence-corrected chi connectivity index (χ4v) is 2.83. The standard InChI is InChI=1S/C20H15BrClNO2/c1-13-5-6-14(11-18(13)22)19-9-7-17(25-19)8-10-20(24)23-16-4-2-3-15(21)12-16/h2-12H,1H3,(H,23,24). The molecule has 0 spiro atoms. The first kappa shape index (κ1) is 17.5. The Kier molecular flexibility index (Phi) is 5.41. The van der Waals surface area contributed by atoms with Gasteiger partial charge in [-0.15, -0.1) is 0 Å². The zero-order valence-corrected chi connectivity index (χ0v) is 15.8. The largest absolute Gasteiger partial charge is 0.457 e. The molecule has 0 unspecified atom stereocenters. The second-order valence-electron chi connectivity index (χ2n) is 5.50. The van der Waals surface area contributed by atoms with E-state index in [1.54, 1.807) is 6.08 Å². The summed E-state index contributed by atoms with van der Waals surface area (Å²) in [5, 5.41) is 3.48. The summed E-state index contributed by atoms with van der Waals surface area (Å²) in [6, 6.07) is 16.8. The van der Waals surface area contributed by atoms with Crippen molar-refractivity contribution in [3.05, 3.63) is 81.5 Å². The molecule has 3 nitrogen and oxygen atoms in total. The van der Waals surface area contributed by atoms with Crippen LogP contribution in [0, 0.1) is 6.92 Å². The highest BCUT2D eigenvalue weighted by molar-refractivity contribution is 9.10. The second-order valence-corrected chi connectivity index (χ2v) is 6.82. The molecule has 1 amide bonds. The number of anilines is 1. The van der Waals surface area contributed by atoms with E-state index in [2.05, 4.69) is 21.2 Å². The molecule has 3 rings (SSSR count). The van der Waals surface area contributed by atoms with E-state index in [9.17, 15) is 4.79 Å². The molecule has 3 aromatic rings.